The van der Waals surface area contributed by atoms with E-state index in [1.54, 1.807) is 6.92 Å². The van der Waals surface area contributed by atoms with E-state index in [1.807, 2.05) is 0 Å². The molecule has 1 rings (SSSR count). The first-order chi connectivity index (χ1) is 9.36. The zero-order chi connectivity index (χ0) is 15.3. The quantitative estimate of drug-likeness (QED) is 0.520. The monoisotopic (exact) mass is 280 g/mol. The fraction of sp³-hybridized carbons (Fsp3) is 0.333. The molecular formula is C12H16N4O4. The van der Waals surface area contributed by atoms with Crippen molar-refractivity contribution in [1.29, 1.82) is 0 Å². The third-order valence-electron chi connectivity index (χ3n) is 2.62. The van der Waals surface area contributed by atoms with Gasteiger partial charge in [0.15, 0.2) is 0 Å². The first-order valence-electron chi connectivity index (χ1n) is 5.91. The van der Waals surface area contributed by atoms with Gasteiger partial charge in [-0.1, -0.05) is 6.07 Å². The van der Waals surface area contributed by atoms with Crippen LogP contribution in [0.4, 0.5) is 11.4 Å². The van der Waals surface area contributed by atoms with Crippen LogP contribution in [0.1, 0.15) is 23.7 Å². The molecule has 0 radical (unpaired) electrons. The van der Waals surface area contributed by atoms with E-state index in [4.69, 9.17) is 5.73 Å². The summed E-state index contributed by atoms with van der Waals surface area (Å²) in [7, 11) is 1.53. The summed E-state index contributed by atoms with van der Waals surface area (Å²) in [5.41, 5.74) is 4.89. The van der Waals surface area contributed by atoms with Gasteiger partial charge in [-0.15, -0.1) is 0 Å². The highest BCUT2D eigenvalue weighted by molar-refractivity contribution is 6.00. The molecule has 0 fully saturated rings. The van der Waals surface area contributed by atoms with Crippen LogP contribution in [0.15, 0.2) is 18.2 Å². The molecule has 4 N–H and O–H groups in total. The molecule has 8 heteroatoms. The zero-order valence-electron chi connectivity index (χ0n) is 11.2. The second-order valence-corrected chi connectivity index (χ2v) is 4.25. The molecule has 8 nitrogen and oxygen atoms in total. The number of benzene rings is 1. The average molecular weight is 280 g/mol. The van der Waals surface area contributed by atoms with Crippen LogP contribution >= 0.6 is 0 Å². The minimum atomic E-state index is -0.625. The molecule has 0 heterocycles. The molecule has 2 amide bonds. The van der Waals surface area contributed by atoms with Gasteiger partial charge in [-0.2, -0.15) is 0 Å². The van der Waals surface area contributed by atoms with Gasteiger partial charge in [0.2, 0.25) is 5.91 Å². The summed E-state index contributed by atoms with van der Waals surface area (Å²) in [5, 5.41) is 16.2. The number of carbonyl (C=O) groups excluding carboxylic acids is 2. The molecule has 0 bridgehead atoms. The number of nitrogens with two attached hydrogens (primary N) is 1. The van der Waals surface area contributed by atoms with Crippen molar-refractivity contribution in [2.75, 3.05) is 12.4 Å². The van der Waals surface area contributed by atoms with Gasteiger partial charge >= 0.3 is 5.69 Å². The number of primary amides is 1. The summed E-state index contributed by atoms with van der Waals surface area (Å²) in [6.07, 6.45) is -0.0365. The van der Waals surface area contributed by atoms with E-state index in [0.717, 1.165) is 0 Å². The number of nitro benzene ring substituents is 1. The van der Waals surface area contributed by atoms with Gasteiger partial charge in [0.1, 0.15) is 11.3 Å². The summed E-state index contributed by atoms with van der Waals surface area (Å²) >= 11 is 0. The number of nitro groups is 1. The maximum Gasteiger partial charge on any atom is 0.305 e. The van der Waals surface area contributed by atoms with Crippen LogP contribution in [0.5, 0.6) is 0 Å². The molecule has 0 aliphatic heterocycles. The Hall–Kier alpha value is -2.64. The molecular weight excluding hydrogens is 264 g/mol. The Bertz CT molecular complexity index is 544. The van der Waals surface area contributed by atoms with E-state index in [1.165, 1.54) is 25.2 Å². The Morgan fingerprint density at radius 2 is 2.10 bits per heavy atom. The summed E-state index contributed by atoms with van der Waals surface area (Å²) in [4.78, 5) is 33.2. The Morgan fingerprint density at radius 3 is 2.60 bits per heavy atom. The smallest absolute Gasteiger partial charge is 0.305 e. The molecule has 0 saturated heterocycles. The lowest BCUT2D eigenvalue weighted by Crippen LogP contribution is -2.36. The minimum Gasteiger partial charge on any atom is -0.383 e. The Kier molecular flexibility index (Phi) is 5.01. The molecule has 1 unspecified atom stereocenters. The predicted molar refractivity (Wildman–Crippen MR) is 73.4 cm³/mol. The van der Waals surface area contributed by atoms with E-state index in [-0.39, 0.29) is 23.4 Å². The number of nitrogens with one attached hydrogen (secondary N) is 2. The standard InChI is InChI=1S/C12H16N4O4/c1-7(6-10(13)17)15-12(18)8-4-3-5-9(14-2)11(8)16(19)20/h3-5,7,14H,6H2,1-2H3,(H2,13,17)(H,15,18). The molecule has 1 aromatic rings. The highest BCUT2D eigenvalue weighted by Gasteiger charge is 2.24. The zero-order valence-corrected chi connectivity index (χ0v) is 11.2. The Balaban J connectivity index is 3.04. The maximum absolute atomic E-state index is 12.0. The SMILES string of the molecule is CNc1cccc(C(=O)NC(C)CC(N)=O)c1[N+](=O)[O-]. The van der Waals surface area contributed by atoms with E-state index in [9.17, 15) is 19.7 Å². The van der Waals surface area contributed by atoms with Crippen molar-refractivity contribution in [1.82, 2.24) is 5.32 Å². The van der Waals surface area contributed by atoms with Gasteiger partial charge in [0.25, 0.3) is 5.91 Å². The van der Waals surface area contributed by atoms with Gasteiger partial charge in [-0.05, 0) is 19.1 Å². The molecule has 0 spiro atoms. The molecule has 1 atom stereocenters. The third-order valence-corrected chi connectivity index (χ3v) is 2.62. The molecule has 0 aromatic heterocycles. The van der Waals surface area contributed by atoms with Gasteiger partial charge < -0.3 is 16.4 Å². The van der Waals surface area contributed by atoms with Gasteiger partial charge in [0, 0.05) is 19.5 Å². The maximum atomic E-state index is 12.0. The molecule has 0 saturated carbocycles. The lowest BCUT2D eigenvalue weighted by atomic mass is 10.1. The topological polar surface area (TPSA) is 127 Å². The van der Waals surface area contributed by atoms with Crippen molar-refractivity contribution < 1.29 is 14.5 Å². The second-order valence-electron chi connectivity index (χ2n) is 4.25. The summed E-state index contributed by atoms with van der Waals surface area (Å²) in [6, 6.07) is 3.89. The lowest BCUT2D eigenvalue weighted by Gasteiger charge is -2.13. The highest BCUT2D eigenvalue weighted by Crippen LogP contribution is 2.28. The van der Waals surface area contributed by atoms with E-state index >= 15 is 0 Å². The summed E-state index contributed by atoms with van der Waals surface area (Å²) in [6.45, 7) is 1.59. The number of anilines is 1. The van der Waals surface area contributed by atoms with E-state index in [0.29, 0.717) is 0 Å². The molecule has 1 aromatic carbocycles. The largest absolute Gasteiger partial charge is 0.383 e. The van der Waals surface area contributed by atoms with Crippen molar-refractivity contribution in [3.05, 3.63) is 33.9 Å². The second kappa shape index (κ2) is 6.50. The Morgan fingerprint density at radius 1 is 1.45 bits per heavy atom. The summed E-state index contributed by atoms with van der Waals surface area (Å²) in [5.74, 6) is -1.18. The predicted octanol–water partition coefficient (Wildman–Crippen LogP) is 0.630. The number of hydrogen-bond donors (Lipinski definition) is 3. The van der Waals surface area contributed by atoms with Crippen LogP contribution in [0.3, 0.4) is 0 Å². The summed E-state index contributed by atoms with van der Waals surface area (Å²) < 4.78 is 0. The van der Waals surface area contributed by atoms with Crippen LogP contribution in [0.2, 0.25) is 0 Å². The molecule has 20 heavy (non-hydrogen) atoms. The number of carbonyl (C=O) groups is 2. The van der Waals surface area contributed by atoms with Crippen molar-refractivity contribution in [3.8, 4) is 0 Å². The van der Waals surface area contributed by atoms with Gasteiger partial charge in [0.05, 0.1) is 4.92 Å². The number of amides is 2. The van der Waals surface area contributed by atoms with Crippen LogP contribution in [-0.2, 0) is 4.79 Å². The normalized spacial score (nSPS) is 11.5. The van der Waals surface area contributed by atoms with Crippen molar-refractivity contribution in [3.63, 3.8) is 0 Å². The number of nitrogens with zero attached hydrogens (tertiary/aromatic N) is 1. The fourth-order valence-electron chi connectivity index (χ4n) is 1.78. The van der Waals surface area contributed by atoms with Gasteiger partial charge in [-0.25, -0.2) is 0 Å². The highest BCUT2D eigenvalue weighted by atomic mass is 16.6. The van der Waals surface area contributed by atoms with Crippen molar-refractivity contribution in [2.24, 2.45) is 5.73 Å². The molecule has 0 aliphatic carbocycles. The van der Waals surface area contributed by atoms with Crippen molar-refractivity contribution in [2.45, 2.75) is 19.4 Å². The van der Waals surface area contributed by atoms with Crippen LogP contribution in [-0.4, -0.2) is 29.8 Å². The average Bonchev–Trinajstić information content (AvgIpc) is 2.36. The first kappa shape index (κ1) is 15.4. The first-order valence-corrected chi connectivity index (χ1v) is 5.91. The van der Waals surface area contributed by atoms with E-state index < -0.39 is 22.8 Å². The Labute approximate surface area is 115 Å². The fourth-order valence-corrected chi connectivity index (χ4v) is 1.78. The van der Waals surface area contributed by atoms with Crippen LogP contribution in [0.25, 0.3) is 0 Å². The van der Waals surface area contributed by atoms with Crippen molar-refractivity contribution >= 4 is 23.2 Å². The lowest BCUT2D eigenvalue weighted by molar-refractivity contribution is -0.384. The van der Waals surface area contributed by atoms with Crippen LogP contribution < -0.4 is 16.4 Å². The minimum absolute atomic E-state index is 0.0365. The molecule has 0 aliphatic rings. The molecule has 108 valence electrons. The number of para-hydroxylation sites is 1. The number of rotatable bonds is 6. The third kappa shape index (κ3) is 3.67. The van der Waals surface area contributed by atoms with E-state index in [2.05, 4.69) is 10.6 Å². The van der Waals surface area contributed by atoms with Gasteiger partial charge in [-0.3, -0.25) is 19.7 Å². The number of hydrogen-bond acceptors (Lipinski definition) is 5. The van der Waals surface area contributed by atoms with Crippen LogP contribution in [0, 0.1) is 10.1 Å².